The number of hydrogen-bond donors (Lipinski definition) is 1. The van der Waals surface area contributed by atoms with E-state index in [0.29, 0.717) is 0 Å². The average Bonchev–Trinajstić information content (AvgIpc) is 2.49. The Morgan fingerprint density at radius 3 is 3.00 bits per heavy atom. The number of carbonyl (C=O) groups excluding carboxylic acids is 1. The van der Waals surface area contributed by atoms with Gasteiger partial charge in [0.2, 0.25) is 5.91 Å². The molecule has 0 bridgehead atoms. The molecular weight excluding hydrogens is 154 g/mol. The van der Waals surface area contributed by atoms with Crippen LogP contribution in [0.4, 0.5) is 0 Å². The maximum atomic E-state index is 10.8. The zero-order valence-corrected chi connectivity index (χ0v) is 7.16. The molecule has 0 radical (unpaired) electrons. The van der Waals surface area contributed by atoms with Crippen molar-refractivity contribution >= 4 is 5.91 Å². The van der Waals surface area contributed by atoms with Crippen molar-refractivity contribution < 1.29 is 4.79 Å². The molecule has 1 saturated heterocycles. The van der Waals surface area contributed by atoms with Crippen molar-refractivity contribution in [1.29, 1.82) is 5.26 Å². The third-order valence-corrected chi connectivity index (χ3v) is 2.35. The molecule has 1 fully saturated rings. The van der Waals surface area contributed by atoms with Crippen LogP contribution in [-0.4, -0.2) is 29.4 Å². The number of rotatable bonds is 2. The van der Waals surface area contributed by atoms with Crippen molar-refractivity contribution in [3.05, 3.63) is 0 Å². The minimum absolute atomic E-state index is 0.118. The predicted molar refractivity (Wildman–Crippen MR) is 44.0 cm³/mol. The van der Waals surface area contributed by atoms with E-state index in [1.807, 2.05) is 4.90 Å². The molecule has 1 heterocycles. The summed E-state index contributed by atoms with van der Waals surface area (Å²) in [6.07, 6.45) is 1.84. The topological polar surface area (TPSA) is 70.1 Å². The molecule has 4 heteroatoms. The number of nitrogens with zero attached hydrogens (tertiary/aromatic N) is 2. The van der Waals surface area contributed by atoms with E-state index in [4.69, 9.17) is 11.0 Å². The van der Waals surface area contributed by atoms with Gasteiger partial charge in [-0.15, -0.1) is 0 Å². The second kappa shape index (κ2) is 3.55. The highest BCUT2D eigenvalue weighted by Crippen LogP contribution is 2.18. The van der Waals surface area contributed by atoms with E-state index in [0.717, 1.165) is 19.4 Å². The molecule has 0 spiro atoms. The minimum atomic E-state index is -0.350. The number of nitriles is 1. The van der Waals surface area contributed by atoms with Crippen LogP contribution in [0.5, 0.6) is 0 Å². The number of likely N-dealkylation sites (tertiary alicyclic amines) is 1. The largest absolute Gasteiger partial charge is 0.368 e. The lowest BCUT2D eigenvalue weighted by atomic mass is 10.2. The van der Waals surface area contributed by atoms with E-state index in [2.05, 4.69) is 6.07 Å². The van der Waals surface area contributed by atoms with Crippen LogP contribution in [0.3, 0.4) is 0 Å². The van der Waals surface area contributed by atoms with Crippen LogP contribution in [0.15, 0.2) is 0 Å². The summed E-state index contributed by atoms with van der Waals surface area (Å²) in [6, 6.07) is 1.74. The molecule has 2 N–H and O–H groups in total. The van der Waals surface area contributed by atoms with Gasteiger partial charge in [-0.3, -0.25) is 9.69 Å². The Hall–Kier alpha value is -1.08. The Bertz CT molecular complexity index is 221. The van der Waals surface area contributed by atoms with Crippen molar-refractivity contribution in [3.8, 4) is 6.07 Å². The highest BCUT2D eigenvalue weighted by molar-refractivity contribution is 5.79. The summed E-state index contributed by atoms with van der Waals surface area (Å²) in [7, 11) is 0. The minimum Gasteiger partial charge on any atom is -0.368 e. The summed E-state index contributed by atoms with van der Waals surface area (Å²) in [5, 5.41) is 8.72. The number of primary amides is 1. The van der Waals surface area contributed by atoms with Crippen LogP contribution in [-0.2, 0) is 4.79 Å². The van der Waals surface area contributed by atoms with Gasteiger partial charge in [-0.1, -0.05) is 0 Å². The van der Waals surface area contributed by atoms with Gasteiger partial charge in [0.1, 0.15) is 0 Å². The normalized spacial score (nSPS) is 26.5. The van der Waals surface area contributed by atoms with E-state index in [-0.39, 0.29) is 18.0 Å². The van der Waals surface area contributed by atoms with Crippen molar-refractivity contribution in [1.82, 2.24) is 4.90 Å². The molecule has 1 rings (SSSR count). The van der Waals surface area contributed by atoms with Gasteiger partial charge in [0, 0.05) is 6.54 Å². The molecule has 0 aromatic rings. The summed E-state index contributed by atoms with van der Waals surface area (Å²) in [4.78, 5) is 12.7. The van der Waals surface area contributed by atoms with Crippen molar-refractivity contribution in [2.45, 2.75) is 31.8 Å². The zero-order valence-electron chi connectivity index (χ0n) is 7.16. The number of hydrogen-bond acceptors (Lipinski definition) is 3. The first-order chi connectivity index (χ1) is 5.66. The monoisotopic (exact) mass is 167 g/mol. The van der Waals surface area contributed by atoms with Gasteiger partial charge in [-0.25, -0.2) is 0 Å². The summed E-state index contributed by atoms with van der Waals surface area (Å²) >= 11 is 0. The molecule has 12 heavy (non-hydrogen) atoms. The van der Waals surface area contributed by atoms with Gasteiger partial charge in [0.15, 0.2) is 0 Å². The van der Waals surface area contributed by atoms with E-state index >= 15 is 0 Å². The fourth-order valence-corrected chi connectivity index (χ4v) is 1.55. The van der Waals surface area contributed by atoms with Crippen LogP contribution < -0.4 is 5.73 Å². The lowest BCUT2D eigenvalue weighted by Gasteiger charge is -2.23. The van der Waals surface area contributed by atoms with Crippen LogP contribution in [0.2, 0.25) is 0 Å². The maximum absolute atomic E-state index is 10.8. The third kappa shape index (κ3) is 1.56. The standard InChI is InChI=1S/C8H13N3O/c1-6(8(10)12)11-4-2-3-7(11)5-9/h6-7H,2-4H2,1H3,(H2,10,12). The second-order valence-corrected chi connectivity index (χ2v) is 3.10. The van der Waals surface area contributed by atoms with Gasteiger partial charge < -0.3 is 5.73 Å². The predicted octanol–water partition coefficient (Wildman–Crippen LogP) is -0.152. The molecule has 1 amide bonds. The van der Waals surface area contributed by atoms with E-state index in [1.54, 1.807) is 6.92 Å². The summed E-state index contributed by atoms with van der Waals surface area (Å²) in [5.41, 5.74) is 5.14. The lowest BCUT2D eigenvalue weighted by Crippen LogP contribution is -2.44. The molecular formula is C8H13N3O. The number of nitrogens with two attached hydrogens (primary N) is 1. The molecule has 0 aromatic heterocycles. The Labute approximate surface area is 71.9 Å². The molecule has 2 atom stereocenters. The van der Waals surface area contributed by atoms with E-state index in [9.17, 15) is 4.79 Å². The average molecular weight is 167 g/mol. The molecule has 1 aliphatic heterocycles. The van der Waals surface area contributed by atoms with Gasteiger partial charge in [0.25, 0.3) is 0 Å². The first kappa shape index (κ1) is 9.01. The molecule has 0 aliphatic carbocycles. The number of amides is 1. The van der Waals surface area contributed by atoms with Crippen LogP contribution in [0.1, 0.15) is 19.8 Å². The van der Waals surface area contributed by atoms with Crippen molar-refractivity contribution in [2.24, 2.45) is 5.73 Å². The SMILES string of the molecule is CC(C(N)=O)N1CCCC1C#N. The Morgan fingerprint density at radius 1 is 1.83 bits per heavy atom. The maximum Gasteiger partial charge on any atom is 0.234 e. The molecule has 66 valence electrons. The molecule has 4 nitrogen and oxygen atoms in total. The highest BCUT2D eigenvalue weighted by Gasteiger charge is 2.30. The molecule has 0 saturated carbocycles. The first-order valence-corrected chi connectivity index (χ1v) is 4.11. The molecule has 2 unspecified atom stereocenters. The molecule has 1 aliphatic rings. The van der Waals surface area contributed by atoms with Crippen molar-refractivity contribution in [2.75, 3.05) is 6.54 Å². The third-order valence-electron chi connectivity index (χ3n) is 2.35. The second-order valence-electron chi connectivity index (χ2n) is 3.10. The number of carbonyl (C=O) groups is 1. The Kier molecular flexibility index (Phi) is 2.66. The first-order valence-electron chi connectivity index (χ1n) is 4.11. The fourth-order valence-electron chi connectivity index (χ4n) is 1.55. The quantitative estimate of drug-likeness (QED) is 0.621. The van der Waals surface area contributed by atoms with E-state index < -0.39 is 0 Å². The molecule has 0 aromatic carbocycles. The lowest BCUT2D eigenvalue weighted by molar-refractivity contribution is -0.122. The highest BCUT2D eigenvalue weighted by atomic mass is 16.1. The van der Waals surface area contributed by atoms with Crippen LogP contribution in [0.25, 0.3) is 0 Å². The van der Waals surface area contributed by atoms with Crippen LogP contribution in [0, 0.1) is 11.3 Å². The van der Waals surface area contributed by atoms with Crippen molar-refractivity contribution in [3.63, 3.8) is 0 Å². The van der Waals surface area contributed by atoms with Gasteiger partial charge in [0.05, 0.1) is 18.2 Å². The Morgan fingerprint density at radius 2 is 2.50 bits per heavy atom. The summed E-state index contributed by atoms with van der Waals surface area (Å²) < 4.78 is 0. The Balaban J connectivity index is 2.62. The fraction of sp³-hybridized carbons (Fsp3) is 0.750. The van der Waals surface area contributed by atoms with Crippen LogP contribution >= 0.6 is 0 Å². The van der Waals surface area contributed by atoms with E-state index in [1.165, 1.54) is 0 Å². The van der Waals surface area contributed by atoms with Gasteiger partial charge in [-0.05, 0) is 19.8 Å². The smallest absolute Gasteiger partial charge is 0.234 e. The van der Waals surface area contributed by atoms with Gasteiger partial charge in [-0.2, -0.15) is 5.26 Å². The van der Waals surface area contributed by atoms with Gasteiger partial charge >= 0.3 is 0 Å². The summed E-state index contributed by atoms with van der Waals surface area (Å²) in [6.45, 7) is 2.56. The summed E-state index contributed by atoms with van der Waals surface area (Å²) in [5.74, 6) is -0.350. The zero-order chi connectivity index (χ0) is 9.14.